The molecule has 0 bridgehead atoms. The van der Waals surface area contributed by atoms with Crippen LogP contribution in [0.25, 0.3) is 0 Å². The van der Waals surface area contributed by atoms with E-state index in [9.17, 15) is 9.59 Å². The van der Waals surface area contributed by atoms with Crippen molar-refractivity contribution in [1.82, 2.24) is 10.9 Å². The number of benzene rings is 2. The van der Waals surface area contributed by atoms with Gasteiger partial charge in [-0.2, -0.15) is 0 Å². The number of rotatable bonds is 4. The zero-order valence-electron chi connectivity index (χ0n) is 11.9. The van der Waals surface area contributed by atoms with Crippen LogP contribution in [-0.2, 0) is 4.79 Å². The molecule has 0 atom stereocenters. The fourth-order valence-electron chi connectivity index (χ4n) is 1.74. The Morgan fingerprint density at radius 1 is 1.05 bits per heavy atom. The second kappa shape index (κ2) is 7.47. The van der Waals surface area contributed by atoms with Crippen molar-refractivity contribution < 1.29 is 14.3 Å². The number of halogens is 1. The van der Waals surface area contributed by atoms with E-state index in [0.717, 1.165) is 5.56 Å². The average Bonchev–Trinajstić information content (AvgIpc) is 2.52. The molecule has 0 spiro atoms. The molecule has 2 rings (SSSR count). The van der Waals surface area contributed by atoms with Gasteiger partial charge >= 0.3 is 0 Å². The van der Waals surface area contributed by atoms with Gasteiger partial charge in [0.15, 0.2) is 6.61 Å². The second-order valence-electron chi connectivity index (χ2n) is 4.56. The lowest BCUT2D eigenvalue weighted by atomic mass is 10.1. The third-order valence-corrected chi connectivity index (χ3v) is 3.14. The van der Waals surface area contributed by atoms with Crippen LogP contribution in [0.1, 0.15) is 15.9 Å². The number of amides is 2. The monoisotopic (exact) mass is 318 g/mol. The molecule has 6 heteroatoms. The molecule has 0 aromatic heterocycles. The van der Waals surface area contributed by atoms with E-state index in [1.807, 2.05) is 19.1 Å². The molecule has 0 unspecified atom stereocenters. The Balaban J connectivity index is 1.79. The minimum absolute atomic E-state index is 0.213. The van der Waals surface area contributed by atoms with E-state index in [-0.39, 0.29) is 12.5 Å². The Hall–Kier alpha value is -2.53. The van der Waals surface area contributed by atoms with Crippen molar-refractivity contribution in [3.63, 3.8) is 0 Å². The maximum Gasteiger partial charge on any atom is 0.276 e. The number of carbonyl (C=O) groups excluding carboxylic acids is 2. The number of hydrogen-bond donors (Lipinski definition) is 2. The molecule has 0 fully saturated rings. The van der Waals surface area contributed by atoms with Gasteiger partial charge in [0, 0.05) is 10.6 Å². The summed E-state index contributed by atoms with van der Waals surface area (Å²) in [7, 11) is 0. The zero-order chi connectivity index (χ0) is 15.9. The largest absolute Gasteiger partial charge is 0.484 e. The van der Waals surface area contributed by atoms with Crippen LogP contribution >= 0.6 is 11.6 Å². The zero-order valence-corrected chi connectivity index (χ0v) is 12.7. The van der Waals surface area contributed by atoms with Crippen molar-refractivity contribution >= 4 is 23.4 Å². The summed E-state index contributed by atoms with van der Waals surface area (Å²) >= 11 is 5.75. The lowest BCUT2D eigenvalue weighted by Gasteiger charge is -2.10. The Morgan fingerprint density at radius 3 is 2.41 bits per heavy atom. The summed E-state index contributed by atoms with van der Waals surface area (Å²) in [5, 5.41) is 0.585. The quantitative estimate of drug-likeness (QED) is 0.851. The molecular weight excluding hydrogens is 304 g/mol. The normalized spacial score (nSPS) is 9.91. The average molecular weight is 319 g/mol. The molecule has 0 radical (unpaired) electrons. The summed E-state index contributed by atoms with van der Waals surface area (Å²) < 4.78 is 5.26. The molecule has 2 N–H and O–H groups in total. The first-order chi connectivity index (χ1) is 10.6. The van der Waals surface area contributed by atoms with Crippen molar-refractivity contribution in [2.75, 3.05) is 6.61 Å². The third-order valence-electron chi connectivity index (χ3n) is 2.89. The van der Waals surface area contributed by atoms with Gasteiger partial charge < -0.3 is 4.74 Å². The third kappa shape index (κ3) is 4.49. The van der Waals surface area contributed by atoms with Gasteiger partial charge in [0.05, 0.1) is 0 Å². The van der Waals surface area contributed by atoms with Gasteiger partial charge in [-0.1, -0.05) is 29.8 Å². The lowest BCUT2D eigenvalue weighted by molar-refractivity contribution is -0.123. The SMILES string of the molecule is Cc1ccccc1C(=O)NNC(=O)COc1ccc(Cl)cc1. The molecule has 2 amide bonds. The summed E-state index contributed by atoms with van der Waals surface area (Å²) in [6, 6.07) is 13.7. The standard InChI is InChI=1S/C16H15ClN2O3/c1-11-4-2-3-5-14(11)16(21)19-18-15(20)10-22-13-8-6-12(17)7-9-13/h2-9H,10H2,1H3,(H,18,20)(H,19,21). The highest BCUT2D eigenvalue weighted by Gasteiger charge is 2.09. The molecule has 0 aliphatic carbocycles. The smallest absolute Gasteiger partial charge is 0.276 e. The molecule has 2 aromatic rings. The van der Waals surface area contributed by atoms with Gasteiger partial charge in [-0.15, -0.1) is 0 Å². The van der Waals surface area contributed by atoms with Gasteiger partial charge in [0.1, 0.15) is 5.75 Å². The maximum atomic E-state index is 11.9. The van der Waals surface area contributed by atoms with Crippen molar-refractivity contribution in [1.29, 1.82) is 0 Å². The van der Waals surface area contributed by atoms with Gasteiger partial charge in [0.25, 0.3) is 11.8 Å². The van der Waals surface area contributed by atoms with Crippen molar-refractivity contribution in [2.45, 2.75) is 6.92 Å². The molecular formula is C16H15ClN2O3. The van der Waals surface area contributed by atoms with Crippen LogP contribution < -0.4 is 15.6 Å². The summed E-state index contributed by atoms with van der Waals surface area (Å²) in [4.78, 5) is 23.5. The van der Waals surface area contributed by atoms with Crippen LogP contribution in [0.2, 0.25) is 5.02 Å². The van der Waals surface area contributed by atoms with Gasteiger partial charge in [-0.05, 0) is 42.8 Å². The van der Waals surface area contributed by atoms with Crippen LogP contribution in [0.4, 0.5) is 0 Å². The summed E-state index contributed by atoms with van der Waals surface area (Å²) in [5.74, 6) is -0.320. The highest BCUT2D eigenvalue weighted by Crippen LogP contribution is 2.15. The first-order valence-electron chi connectivity index (χ1n) is 6.59. The van der Waals surface area contributed by atoms with Gasteiger partial charge in [-0.3, -0.25) is 20.4 Å². The summed E-state index contributed by atoms with van der Waals surface area (Å²) in [5.41, 5.74) is 5.97. The van der Waals surface area contributed by atoms with E-state index < -0.39 is 5.91 Å². The van der Waals surface area contributed by atoms with Crippen molar-refractivity contribution in [2.24, 2.45) is 0 Å². The van der Waals surface area contributed by atoms with Crippen LogP contribution in [0.5, 0.6) is 5.75 Å². The predicted molar refractivity (Wildman–Crippen MR) is 83.7 cm³/mol. The number of aryl methyl sites for hydroxylation is 1. The number of ether oxygens (including phenoxy) is 1. The van der Waals surface area contributed by atoms with E-state index in [1.165, 1.54) is 0 Å². The molecule has 0 saturated carbocycles. The first kappa shape index (κ1) is 15.9. The number of carbonyl (C=O) groups is 2. The van der Waals surface area contributed by atoms with Crippen LogP contribution in [0.3, 0.4) is 0 Å². The molecule has 2 aromatic carbocycles. The van der Waals surface area contributed by atoms with Crippen LogP contribution in [0, 0.1) is 6.92 Å². The van der Waals surface area contributed by atoms with Crippen LogP contribution in [-0.4, -0.2) is 18.4 Å². The van der Waals surface area contributed by atoms with Crippen LogP contribution in [0.15, 0.2) is 48.5 Å². The van der Waals surface area contributed by atoms with E-state index in [4.69, 9.17) is 16.3 Å². The van der Waals surface area contributed by atoms with Crippen molar-refractivity contribution in [3.05, 3.63) is 64.7 Å². The molecule has 5 nitrogen and oxygen atoms in total. The Labute approximate surface area is 133 Å². The Bertz CT molecular complexity index is 671. The predicted octanol–water partition coefficient (Wildman–Crippen LogP) is 2.49. The lowest BCUT2D eigenvalue weighted by Crippen LogP contribution is -2.44. The van der Waals surface area contributed by atoms with Gasteiger partial charge in [-0.25, -0.2) is 0 Å². The number of nitrogens with one attached hydrogen (secondary N) is 2. The number of hydrogen-bond acceptors (Lipinski definition) is 3. The Morgan fingerprint density at radius 2 is 1.73 bits per heavy atom. The van der Waals surface area contributed by atoms with E-state index in [2.05, 4.69) is 10.9 Å². The minimum Gasteiger partial charge on any atom is -0.484 e. The van der Waals surface area contributed by atoms with E-state index >= 15 is 0 Å². The number of hydrazine groups is 1. The molecule has 114 valence electrons. The second-order valence-corrected chi connectivity index (χ2v) is 5.00. The van der Waals surface area contributed by atoms with Crippen molar-refractivity contribution in [3.8, 4) is 5.75 Å². The Kier molecular flexibility index (Phi) is 5.38. The molecule has 22 heavy (non-hydrogen) atoms. The summed E-state index contributed by atoms with van der Waals surface area (Å²) in [6.07, 6.45) is 0. The topological polar surface area (TPSA) is 67.4 Å². The van der Waals surface area contributed by atoms with E-state index in [0.29, 0.717) is 16.3 Å². The highest BCUT2D eigenvalue weighted by molar-refractivity contribution is 6.30. The highest BCUT2D eigenvalue weighted by atomic mass is 35.5. The minimum atomic E-state index is -0.461. The summed E-state index contributed by atoms with van der Waals surface area (Å²) in [6.45, 7) is 1.61. The molecule has 0 saturated heterocycles. The maximum absolute atomic E-state index is 11.9. The molecule has 0 aliphatic rings. The fourth-order valence-corrected chi connectivity index (χ4v) is 1.86. The molecule has 0 aliphatic heterocycles. The first-order valence-corrected chi connectivity index (χ1v) is 6.97. The van der Waals surface area contributed by atoms with Gasteiger partial charge in [0.2, 0.25) is 0 Å². The van der Waals surface area contributed by atoms with E-state index in [1.54, 1.807) is 36.4 Å². The fraction of sp³-hybridized carbons (Fsp3) is 0.125. The molecule has 0 heterocycles.